The molecule has 0 saturated carbocycles. The Morgan fingerprint density at radius 1 is 0.750 bits per heavy atom. The van der Waals surface area contributed by atoms with Crippen molar-refractivity contribution in [3.63, 3.8) is 0 Å². The Labute approximate surface area is 176 Å². The largest absolute Gasteiger partial charge is 0.384 e. The molecule has 0 radical (unpaired) electrons. The van der Waals surface area contributed by atoms with Gasteiger partial charge in [0.2, 0.25) is 0 Å². The van der Waals surface area contributed by atoms with Crippen LogP contribution in [0.1, 0.15) is 80.1 Å². The molecule has 4 atom stereocenters. The van der Waals surface area contributed by atoms with Gasteiger partial charge in [0.15, 0.2) is 0 Å². The van der Waals surface area contributed by atoms with E-state index < -0.39 is 0 Å². The number of ether oxygens (including phenoxy) is 4. The summed E-state index contributed by atoms with van der Waals surface area (Å²) in [6.45, 7) is 15.0. The predicted molar refractivity (Wildman–Crippen MR) is 119 cm³/mol. The van der Waals surface area contributed by atoms with Crippen LogP contribution < -0.4 is 0 Å². The predicted octanol–water partition coefficient (Wildman–Crippen LogP) is 5.97. The van der Waals surface area contributed by atoms with Crippen molar-refractivity contribution in [2.45, 2.75) is 92.3 Å². The molecule has 0 aliphatic carbocycles. The number of hydrogen-bond donors (Lipinski definition) is 0. The molecule has 0 aromatic rings. The molecule has 0 fully saturated rings. The van der Waals surface area contributed by atoms with Crippen LogP contribution in [0.5, 0.6) is 0 Å². The van der Waals surface area contributed by atoms with E-state index in [-0.39, 0.29) is 23.0 Å². The molecule has 0 bridgehead atoms. The summed E-state index contributed by atoms with van der Waals surface area (Å²) in [4.78, 5) is 0. The molecule has 0 N–H and O–H groups in total. The Kier molecular flexibility index (Phi) is 13.9. The molecule has 0 rings (SSSR count). The van der Waals surface area contributed by atoms with Crippen LogP contribution in [0.25, 0.3) is 0 Å². The smallest absolute Gasteiger partial charge is 0.0919 e. The lowest BCUT2D eigenvalue weighted by Gasteiger charge is -2.51. The second-order valence-corrected chi connectivity index (χ2v) is 9.32. The van der Waals surface area contributed by atoms with E-state index >= 15 is 0 Å². The van der Waals surface area contributed by atoms with E-state index in [1.165, 1.54) is 12.8 Å². The van der Waals surface area contributed by atoms with Crippen LogP contribution in [0.2, 0.25) is 0 Å². The standard InChI is InChI=1S/C24H50O4/c1-11-13-15-23(12-2,17-25-7)21(27-9)22(28-10)24(18-26-8,20(5)6)16-14-19(3)4/h19-22H,11-18H2,1-10H3. The molecular weight excluding hydrogens is 352 g/mol. The Bertz CT molecular complexity index is 385. The summed E-state index contributed by atoms with van der Waals surface area (Å²) in [5, 5.41) is 0. The van der Waals surface area contributed by atoms with Crippen molar-refractivity contribution < 1.29 is 18.9 Å². The molecule has 170 valence electrons. The Morgan fingerprint density at radius 2 is 1.32 bits per heavy atom. The fraction of sp³-hybridized carbons (Fsp3) is 1.00. The zero-order chi connectivity index (χ0) is 21.8. The molecule has 0 aliphatic rings. The second-order valence-electron chi connectivity index (χ2n) is 9.32. The molecule has 28 heavy (non-hydrogen) atoms. The zero-order valence-corrected chi connectivity index (χ0v) is 20.6. The van der Waals surface area contributed by atoms with Gasteiger partial charge < -0.3 is 18.9 Å². The summed E-state index contributed by atoms with van der Waals surface area (Å²) in [5.41, 5.74) is -0.166. The van der Waals surface area contributed by atoms with E-state index in [4.69, 9.17) is 18.9 Å². The van der Waals surface area contributed by atoms with Gasteiger partial charge in [-0.1, -0.05) is 60.8 Å². The van der Waals surface area contributed by atoms with Crippen molar-refractivity contribution in [2.24, 2.45) is 22.7 Å². The molecule has 4 heteroatoms. The maximum atomic E-state index is 6.29. The van der Waals surface area contributed by atoms with Crippen molar-refractivity contribution >= 4 is 0 Å². The molecule has 0 aromatic heterocycles. The highest BCUT2D eigenvalue weighted by molar-refractivity contribution is 5.01. The number of unbranched alkanes of at least 4 members (excludes halogenated alkanes) is 1. The summed E-state index contributed by atoms with van der Waals surface area (Å²) in [6.07, 6.45) is 6.54. The summed E-state index contributed by atoms with van der Waals surface area (Å²) < 4.78 is 24.1. The van der Waals surface area contributed by atoms with E-state index in [0.717, 1.165) is 25.7 Å². The molecule has 0 spiro atoms. The lowest BCUT2D eigenvalue weighted by Crippen LogP contribution is -2.58. The van der Waals surface area contributed by atoms with Gasteiger partial charge in [0.1, 0.15) is 0 Å². The molecule has 0 aromatic carbocycles. The van der Waals surface area contributed by atoms with Crippen LogP contribution in [0.3, 0.4) is 0 Å². The molecule has 4 unspecified atom stereocenters. The van der Waals surface area contributed by atoms with Crippen LogP contribution in [-0.4, -0.2) is 53.9 Å². The van der Waals surface area contributed by atoms with Crippen LogP contribution in [0.4, 0.5) is 0 Å². The lowest BCUT2D eigenvalue weighted by molar-refractivity contribution is -0.192. The van der Waals surface area contributed by atoms with Gasteiger partial charge in [-0.15, -0.1) is 0 Å². The van der Waals surface area contributed by atoms with Crippen molar-refractivity contribution in [3.8, 4) is 0 Å². The van der Waals surface area contributed by atoms with Crippen LogP contribution >= 0.6 is 0 Å². The highest BCUT2D eigenvalue weighted by Crippen LogP contribution is 2.47. The third-order valence-corrected chi connectivity index (χ3v) is 6.87. The number of hydrogen-bond acceptors (Lipinski definition) is 4. The molecule has 0 saturated heterocycles. The van der Waals surface area contributed by atoms with Gasteiger partial charge in [-0.2, -0.15) is 0 Å². The first-order chi connectivity index (χ1) is 13.2. The first-order valence-corrected chi connectivity index (χ1v) is 11.3. The lowest BCUT2D eigenvalue weighted by atomic mass is 9.62. The Balaban J connectivity index is 6.25. The SMILES string of the molecule is CCCCC(CC)(COC)C(OC)C(OC)C(CCC(C)C)(COC)C(C)C. The van der Waals surface area contributed by atoms with Crippen molar-refractivity contribution in [1.29, 1.82) is 0 Å². The minimum atomic E-state index is -0.102. The highest BCUT2D eigenvalue weighted by atomic mass is 16.5. The van der Waals surface area contributed by atoms with Gasteiger partial charge in [-0.05, 0) is 31.1 Å². The summed E-state index contributed by atoms with van der Waals surface area (Å²) in [6, 6.07) is 0. The average Bonchev–Trinajstić information content (AvgIpc) is 2.66. The fourth-order valence-corrected chi connectivity index (χ4v) is 4.85. The molecule has 0 amide bonds. The molecule has 0 heterocycles. The highest BCUT2D eigenvalue weighted by Gasteiger charge is 2.52. The van der Waals surface area contributed by atoms with Gasteiger partial charge in [-0.25, -0.2) is 0 Å². The van der Waals surface area contributed by atoms with Gasteiger partial charge in [0.05, 0.1) is 25.4 Å². The summed E-state index contributed by atoms with van der Waals surface area (Å²) in [5.74, 6) is 1.06. The first-order valence-electron chi connectivity index (χ1n) is 11.3. The third-order valence-electron chi connectivity index (χ3n) is 6.87. The quantitative estimate of drug-likeness (QED) is 0.300. The number of methoxy groups -OCH3 is 4. The van der Waals surface area contributed by atoms with Gasteiger partial charge in [0, 0.05) is 39.3 Å². The van der Waals surface area contributed by atoms with Gasteiger partial charge in [0.25, 0.3) is 0 Å². The average molecular weight is 403 g/mol. The number of rotatable bonds is 17. The second kappa shape index (κ2) is 14.0. The monoisotopic (exact) mass is 402 g/mol. The van der Waals surface area contributed by atoms with E-state index in [1.54, 1.807) is 14.2 Å². The van der Waals surface area contributed by atoms with Crippen molar-refractivity contribution in [2.75, 3.05) is 41.7 Å². The van der Waals surface area contributed by atoms with E-state index in [2.05, 4.69) is 41.5 Å². The summed E-state index contributed by atoms with van der Waals surface area (Å²) >= 11 is 0. The fourth-order valence-electron chi connectivity index (χ4n) is 4.85. The van der Waals surface area contributed by atoms with Crippen LogP contribution in [0.15, 0.2) is 0 Å². The van der Waals surface area contributed by atoms with Crippen LogP contribution in [-0.2, 0) is 18.9 Å². The van der Waals surface area contributed by atoms with Crippen molar-refractivity contribution in [1.82, 2.24) is 0 Å². The molecule has 4 nitrogen and oxygen atoms in total. The minimum absolute atomic E-state index is 0.0429. The molecular formula is C24H50O4. The topological polar surface area (TPSA) is 36.9 Å². The van der Waals surface area contributed by atoms with E-state index in [0.29, 0.717) is 25.0 Å². The first kappa shape index (κ1) is 27.8. The van der Waals surface area contributed by atoms with Crippen molar-refractivity contribution in [3.05, 3.63) is 0 Å². The normalized spacial score (nSPS) is 18.9. The maximum Gasteiger partial charge on any atom is 0.0919 e. The zero-order valence-electron chi connectivity index (χ0n) is 20.6. The van der Waals surface area contributed by atoms with Gasteiger partial charge in [-0.3, -0.25) is 0 Å². The molecule has 0 aliphatic heterocycles. The Morgan fingerprint density at radius 3 is 1.68 bits per heavy atom. The van der Waals surface area contributed by atoms with Gasteiger partial charge >= 0.3 is 0 Å². The van der Waals surface area contributed by atoms with Crippen LogP contribution in [0, 0.1) is 22.7 Å². The van der Waals surface area contributed by atoms with E-state index in [9.17, 15) is 0 Å². The Hall–Kier alpha value is -0.160. The summed E-state index contributed by atoms with van der Waals surface area (Å²) in [7, 11) is 7.28. The van der Waals surface area contributed by atoms with E-state index in [1.807, 2.05) is 14.2 Å². The maximum absolute atomic E-state index is 6.29. The minimum Gasteiger partial charge on any atom is -0.384 e. The third kappa shape index (κ3) is 6.97.